The summed E-state index contributed by atoms with van der Waals surface area (Å²) in [5, 5.41) is 16.6. The minimum atomic E-state index is -2.59. The molecule has 0 aromatic carbocycles. The van der Waals surface area contributed by atoms with Crippen LogP contribution >= 0.6 is 0 Å². The maximum atomic E-state index is 12.9. The number of rotatable bonds is 8. The minimum Gasteiger partial charge on any atom is -0.352 e. The molecule has 0 unspecified atom stereocenters. The molecule has 30 heavy (non-hydrogen) atoms. The van der Waals surface area contributed by atoms with Gasteiger partial charge in [-0.05, 0) is 23.7 Å². The Balaban J connectivity index is 1.58. The summed E-state index contributed by atoms with van der Waals surface area (Å²) in [4.78, 5) is 28.4. The summed E-state index contributed by atoms with van der Waals surface area (Å²) >= 11 is 0. The summed E-state index contributed by atoms with van der Waals surface area (Å²) in [6.07, 6.45) is 0.319. The molecule has 10 nitrogen and oxygen atoms in total. The summed E-state index contributed by atoms with van der Waals surface area (Å²) in [5.74, 6) is -0.904. The number of aromatic nitrogens is 5. The van der Waals surface area contributed by atoms with E-state index in [9.17, 15) is 18.4 Å². The van der Waals surface area contributed by atoms with Gasteiger partial charge in [-0.3, -0.25) is 9.59 Å². The largest absolute Gasteiger partial charge is 0.352 e. The summed E-state index contributed by atoms with van der Waals surface area (Å²) in [7, 11) is 0. The number of halogens is 2. The number of fused-ring (bicyclic) bond motifs is 1. The van der Waals surface area contributed by atoms with Gasteiger partial charge in [0.2, 0.25) is 12.3 Å². The van der Waals surface area contributed by atoms with E-state index in [1.807, 2.05) is 0 Å². The molecule has 3 aromatic heterocycles. The van der Waals surface area contributed by atoms with Crippen LogP contribution in [-0.2, 0) is 17.9 Å². The zero-order chi connectivity index (χ0) is 21.9. The molecule has 0 aliphatic carbocycles. The van der Waals surface area contributed by atoms with Crippen molar-refractivity contribution in [3.63, 3.8) is 0 Å². The number of nitrogens with one attached hydrogen (secondary N) is 2. The Morgan fingerprint density at radius 2 is 2.00 bits per heavy atom. The molecule has 3 aromatic rings. The van der Waals surface area contributed by atoms with E-state index in [2.05, 4.69) is 35.7 Å². The average Bonchev–Trinajstić information content (AvgIpc) is 3.29. The monoisotopic (exact) mass is 421 g/mol. The smallest absolute Gasteiger partial charge is 0.275 e. The van der Waals surface area contributed by atoms with Crippen molar-refractivity contribution in [2.24, 2.45) is 5.41 Å². The molecule has 160 valence electrons. The van der Waals surface area contributed by atoms with Crippen LogP contribution < -0.4 is 10.6 Å². The summed E-state index contributed by atoms with van der Waals surface area (Å²) in [5.41, 5.74) is 0.826. The number of nitrogens with zero attached hydrogens (tertiary/aromatic N) is 5. The van der Waals surface area contributed by atoms with Crippen LogP contribution in [-0.4, -0.2) is 43.2 Å². The van der Waals surface area contributed by atoms with Crippen LogP contribution in [0.3, 0.4) is 0 Å². The second-order valence-corrected chi connectivity index (χ2v) is 7.52. The number of imidazole rings is 1. The predicted molar refractivity (Wildman–Crippen MR) is 99.4 cm³/mol. The molecule has 0 fully saturated rings. The molecule has 0 atom stereocenters. The normalized spacial score (nSPS) is 11.8. The molecule has 12 heteroatoms. The highest BCUT2D eigenvalue weighted by atomic mass is 19.3. The molecule has 0 bridgehead atoms. The minimum absolute atomic E-state index is 0.102. The molecule has 0 saturated carbocycles. The van der Waals surface area contributed by atoms with Crippen molar-refractivity contribution in [3.8, 4) is 0 Å². The van der Waals surface area contributed by atoms with Crippen molar-refractivity contribution < 1.29 is 23.0 Å². The van der Waals surface area contributed by atoms with E-state index in [1.54, 1.807) is 25.4 Å². The third-order valence-electron chi connectivity index (χ3n) is 4.42. The van der Waals surface area contributed by atoms with Gasteiger partial charge in [0, 0.05) is 18.4 Å². The van der Waals surface area contributed by atoms with E-state index in [4.69, 9.17) is 0 Å². The zero-order valence-corrected chi connectivity index (χ0v) is 16.6. The second-order valence-electron chi connectivity index (χ2n) is 7.52. The number of alkyl halides is 2. The molecular formula is C18H21F2N7O3. The first-order valence-corrected chi connectivity index (χ1v) is 9.11. The Kier molecular flexibility index (Phi) is 6.04. The fourth-order valence-electron chi connectivity index (χ4n) is 2.59. The lowest BCUT2D eigenvalue weighted by molar-refractivity contribution is -0.125. The molecule has 0 aliphatic heterocycles. The Labute approximate surface area is 170 Å². The summed E-state index contributed by atoms with van der Waals surface area (Å²) < 4.78 is 31.8. The topological polar surface area (TPSA) is 127 Å². The maximum Gasteiger partial charge on any atom is 0.275 e. The first-order valence-electron chi connectivity index (χ1n) is 9.11. The number of hydrogen-bond acceptors (Lipinski definition) is 7. The molecule has 3 rings (SSSR count). The fourth-order valence-corrected chi connectivity index (χ4v) is 2.59. The highest BCUT2D eigenvalue weighted by Gasteiger charge is 2.32. The van der Waals surface area contributed by atoms with Crippen LogP contribution in [0.2, 0.25) is 0 Å². The maximum absolute atomic E-state index is 12.9. The van der Waals surface area contributed by atoms with Gasteiger partial charge in [0.15, 0.2) is 11.3 Å². The van der Waals surface area contributed by atoms with Crippen molar-refractivity contribution in [1.29, 1.82) is 0 Å². The van der Waals surface area contributed by atoms with Gasteiger partial charge in [-0.25, -0.2) is 22.9 Å². The van der Waals surface area contributed by atoms with E-state index < -0.39 is 23.7 Å². The zero-order valence-electron chi connectivity index (χ0n) is 16.6. The van der Waals surface area contributed by atoms with Crippen molar-refractivity contribution in [2.45, 2.75) is 46.7 Å². The third-order valence-corrected chi connectivity index (χ3v) is 4.42. The molecule has 2 N–H and O–H groups in total. The predicted octanol–water partition coefficient (Wildman–Crippen LogP) is 1.65. The van der Waals surface area contributed by atoms with Crippen molar-refractivity contribution in [1.82, 2.24) is 35.5 Å². The van der Waals surface area contributed by atoms with Gasteiger partial charge in [-0.15, -0.1) is 0 Å². The van der Waals surface area contributed by atoms with Crippen molar-refractivity contribution in [2.75, 3.05) is 0 Å². The van der Waals surface area contributed by atoms with Gasteiger partial charge in [-0.1, -0.05) is 19.0 Å². The summed E-state index contributed by atoms with van der Waals surface area (Å²) in [6.45, 7) is 4.57. The van der Waals surface area contributed by atoms with Crippen LogP contribution in [0, 0.1) is 12.3 Å². The Morgan fingerprint density at radius 3 is 2.67 bits per heavy atom. The highest BCUT2D eigenvalue weighted by Crippen LogP contribution is 2.28. The van der Waals surface area contributed by atoms with Crippen LogP contribution in [0.25, 0.3) is 5.65 Å². The molecular weight excluding hydrogens is 400 g/mol. The van der Waals surface area contributed by atoms with E-state index in [1.165, 1.54) is 18.4 Å². The molecule has 0 aliphatic rings. The van der Waals surface area contributed by atoms with Crippen LogP contribution in [0.15, 0.2) is 23.1 Å². The quantitative estimate of drug-likeness (QED) is 0.566. The number of hydrogen-bond donors (Lipinski definition) is 2. The van der Waals surface area contributed by atoms with E-state index in [-0.39, 0.29) is 25.2 Å². The average molecular weight is 421 g/mol. The van der Waals surface area contributed by atoms with Crippen LogP contribution in [0.5, 0.6) is 0 Å². The van der Waals surface area contributed by atoms with Gasteiger partial charge in [0.05, 0.1) is 24.6 Å². The molecule has 3 heterocycles. The van der Waals surface area contributed by atoms with Crippen LogP contribution in [0.1, 0.15) is 47.7 Å². The Morgan fingerprint density at radius 1 is 1.23 bits per heavy atom. The van der Waals surface area contributed by atoms with Gasteiger partial charge < -0.3 is 10.6 Å². The fraction of sp³-hybridized carbons (Fsp3) is 0.444. The lowest BCUT2D eigenvalue weighted by Gasteiger charge is -2.22. The van der Waals surface area contributed by atoms with E-state index in [0.717, 1.165) is 0 Å². The molecule has 0 radical (unpaired) electrons. The molecule has 0 spiro atoms. The first-order chi connectivity index (χ1) is 14.2. The van der Waals surface area contributed by atoms with Crippen LogP contribution in [0.4, 0.5) is 8.78 Å². The Hall–Kier alpha value is -3.44. The van der Waals surface area contributed by atoms with Gasteiger partial charge in [0.25, 0.3) is 5.91 Å². The molecule has 0 saturated heterocycles. The standard InChI is InChI=1S/C18H21F2N7O3/c1-10-15(26-30-25-10)16(29)22-8-12-9-27-13(24-12)4-11(7-23-27)6-21-14(28)5-18(2,3)17(19)20/h4,7,9,17H,5-6,8H2,1-3H3,(H,21,28)(H,22,29). The van der Waals surface area contributed by atoms with Crippen molar-refractivity contribution >= 4 is 17.5 Å². The second kappa shape index (κ2) is 8.51. The van der Waals surface area contributed by atoms with Gasteiger partial charge in [0.1, 0.15) is 5.69 Å². The number of carbonyl (C=O) groups excluding carboxylic acids is 2. The molecule has 2 amide bonds. The third kappa shape index (κ3) is 4.93. The van der Waals surface area contributed by atoms with E-state index in [0.29, 0.717) is 22.6 Å². The number of aryl methyl sites for hydroxylation is 1. The number of carbonyl (C=O) groups is 2. The Bertz CT molecular complexity index is 1060. The lowest BCUT2D eigenvalue weighted by atomic mass is 9.89. The lowest BCUT2D eigenvalue weighted by Crippen LogP contribution is -2.32. The SMILES string of the molecule is Cc1nonc1C(=O)NCc1cn2ncc(CNC(=O)CC(C)(C)C(F)F)cc2n1. The van der Waals surface area contributed by atoms with Gasteiger partial charge in [-0.2, -0.15) is 5.10 Å². The highest BCUT2D eigenvalue weighted by molar-refractivity contribution is 5.92. The van der Waals surface area contributed by atoms with Gasteiger partial charge >= 0.3 is 0 Å². The van der Waals surface area contributed by atoms with E-state index >= 15 is 0 Å². The van der Waals surface area contributed by atoms with Crippen molar-refractivity contribution in [3.05, 3.63) is 41.1 Å². The number of amides is 2. The summed E-state index contributed by atoms with van der Waals surface area (Å²) in [6, 6.07) is 1.71. The first kappa shape index (κ1) is 21.3.